The van der Waals surface area contributed by atoms with Gasteiger partial charge in [-0.3, -0.25) is 0 Å². The lowest BCUT2D eigenvalue weighted by Gasteiger charge is -2.22. The summed E-state index contributed by atoms with van der Waals surface area (Å²) in [6.07, 6.45) is 0. The molecule has 4 heteroatoms. The van der Waals surface area contributed by atoms with Crippen molar-refractivity contribution in [1.82, 2.24) is 0 Å². The van der Waals surface area contributed by atoms with Gasteiger partial charge in [-0.05, 0) is 30.7 Å². The Bertz CT molecular complexity index is 646. The van der Waals surface area contributed by atoms with Gasteiger partial charge in [0.15, 0.2) is 23.0 Å². The summed E-state index contributed by atoms with van der Waals surface area (Å²) in [4.78, 5) is 11.1. The first kappa shape index (κ1) is 10.7. The molecule has 1 heterocycles. The van der Waals surface area contributed by atoms with Gasteiger partial charge in [-0.1, -0.05) is 18.2 Å². The summed E-state index contributed by atoms with van der Waals surface area (Å²) >= 11 is 0. The number of aryl methyl sites for hydroxylation is 1. The summed E-state index contributed by atoms with van der Waals surface area (Å²) in [5, 5.41) is 9.11. The number of rotatable bonds is 1. The van der Waals surface area contributed by atoms with E-state index in [0.29, 0.717) is 17.2 Å². The molecule has 0 radical (unpaired) electrons. The van der Waals surface area contributed by atoms with Crippen LogP contribution in [0.15, 0.2) is 36.4 Å². The molecule has 0 saturated heterocycles. The molecule has 1 aliphatic heterocycles. The summed E-state index contributed by atoms with van der Waals surface area (Å²) in [5.41, 5.74) is 1.04. The van der Waals surface area contributed by atoms with Gasteiger partial charge in [0.1, 0.15) is 5.56 Å². The third-order valence-corrected chi connectivity index (χ3v) is 2.81. The van der Waals surface area contributed by atoms with Gasteiger partial charge < -0.3 is 14.6 Å². The third kappa shape index (κ3) is 1.50. The van der Waals surface area contributed by atoms with Crippen LogP contribution in [0.3, 0.4) is 0 Å². The molecule has 0 amide bonds. The maximum atomic E-state index is 11.1. The first-order valence-corrected chi connectivity index (χ1v) is 5.48. The van der Waals surface area contributed by atoms with Gasteiger partial charge in [-0.2, -0.15) is 0 Å². The topological polar surface area (TPSA) is 55.8 Å². The van der Waals surface area contributed by atoms with E-state index in [-0.39, 0.29) is 11.3 Å². The SMILES string of the molecule is Cc1cccc2c1Oc1cccc(C(=O)O)c1O2. The molecular weight excluding hydrogens is 232 g/mol. The highest BCUT2D eigenvalue weighted by atomic mass is 16.6. The van der Waals surface area contributed by atoms with Crippen molar-refractivity contribution in [2.24, 2.45) is 0 Å². The van der Waals surface area contributed by atoms with E-state index >= 15 is 0 Å². The van der Waals surface area contributed by atoms with Crippen molar-refractivity contribution in [3.8, 4) is 23.0 Å². The fraction of sp³-hybridized carbons (Fsp3) is 0.0714. The van der Waals surface area contributed by atoms with Crippen LogP contribution in [0.4, 0.5) is 0 Å². The molecule has 0 aromatic heterocycles. The standard InChI is InChI=1S/C14H10O4/c1-8-4-2-6-10-12(8)17-11-7-3-5-9(14(15)16)13(11)18-10/h2-7H,1H3,(H,15,16). The number of benzene rings is 2. The second kappa shape index (κ2) is 3.77. The second-order valence-electron chi connectivity index (χ2n) is 4.04. The summed E-state index contributed by atoms with van der Waals surface area (Å²) in [7, 11) is 0. The average Bonchev–Trinajstić information content (AvgIpc) is 2.36. The summed E-state index contributed by atoms with van der Waals surface area (Å²) < 4.78 is 11.4. The van der Waals surface area contributed by atoms with Gasteiger partial charge in [0.25, 0.3) is 0 Å². The maximum absolute atomic E-state index is 11.1. The zero-order valence-corrected chi connectivity index (χ0v) is 9.64. The van der Waals surface area contributed by atoms with E-state index in [1.54, 1.807) is 18.2 Å². The van der Waals surface area contributed by atoms with Gasteiger partial charge in [0.2, 0.25) is 0 Å². The number of carboxylic acid groups (broad SMARTS) is 1. The van der Waals surface area contributed by atoms with E-state index < -0.39 is 5.97 Å². The first-order valence-electron chi connectivity index (χ1n) is 5.48. The van der Waals surface area contributed by atoms with Crippen LogP contribution in [0.2, 0.25) is 0 Å². The molecule has 0 saturated carbocycles. The molecule has 0 atom stereocenters. The van der Waals surface area contributed by atoms with E-state index in [1.165, 1.54) is 6.07 Å². The minimum atomic E-state index is -1.04. The number of ether oxygens (including phenoxy) is 2. The van der Waals surface area contributed by atoms with Gasteiger partial charge in [-0.15, -0.1) is 0 Å². The Balaban J connectivity index is 2.16. The zero-order chi connectivity index (χ0) is 12.7. The number of hydrogen-bond acceptors (Lipinski definition) is 3. The minimum Gasteiger partial charge on any atom is -0.478 e. The highest BCUT2D eigenvalue weighted by Gasteiger charge is 2.24. The highest BCUT2D eigenvalue weighted by molar-refractivity contribution is 5.92. The molecule has 3 rings (SSSR count). The Hall–Kier alpha value is -2.49. The molecule has 90 valence electrons. The van der Waals surface area contributed by atoms with Crippen LogP contribution in [0.5, 0.6) is 23.0 Å². The second-order valence-corrected chi connectivity index (χ2v) is 4.04. The summed E-state index contributed by atoms with van der Waals surface area (Å²) in [6, 6.07) is 10.3. The van der Waals surface area contributed by atoms with Crippen LogP contribution in [0.25, 0.3) is 0 Å². The lowest BCUT2D eigenvalue weighted by atomic mass is 10.1. The quantitative estimate of drug-likeness (QED) is 0.708. The number of hydrogen-bond donors (Lipinski definition) is 1. The van der Waals surface area contributed by atoms with Crippen molar-refractivity contribution >= 4 is 5.97 Å². The molecule has 0 aliphatic carbocycles. The van der Waals surface area contributed by atoms with Crippen molar-refractivity contribution in [3.63, 3.8) is 0 Å². The van der Waals surface area contributed by atoms with Crippen LogP contribution in [-0.4, -0.2) is 11.1 Å². The van der Waals surface area contributed by atoms with E-state index in [0.717, 1.165) is 5.56 Å². The normalized spacial score (nSPS) is 11.8. The van der Waals surface area contributed by atoms with Gasteiger partial charge >= 0.3 is 5.97 Å². The van der Waals surface area contributed by atoms with E-state index in [1.807, 2.05) is 19.1 Å². The van der Waals surface area contributed by atoms with Crippen LogP contribution >= 0.6 is 0 Å². The molecular formula is C14H10O4. The van der Waals surface area contributed by atoms with Crippen LogP contribution in [0.1, 0.15) is 15.9 Å². The molecule has 2 aromatic rings. The molecule has 0 unspecified atom stereocenters. The smallest absolute Gasteiger partial charge is 0.339 e. The molecule has 1 aliphatic rings. The Labute approximate surface area is 103 Å². The largest absolute Gasteiger partial charge is 0.478 e. The number of aromatic carboxylic acids is 1. The van der Waals surface area contributed by atoms with Crippen molar-refractivity contribution in [1.29, 1.82) is 0 Å². The van der Waals surface area contributed by atoms with E-state index in [9.17, 15) is 4.79 Å². The number of carbonyl (C=O) groups is 1. The Kier molecular flexibility index (Phi) is 2.23. The van der Waals surface area contributed by atoms with Crippen LogP contribution in [-0.2, 0) is 0 Å². The first-order chi connectivity index (χ1) is 8.66. The lowest BCUT2D eigenvalue weighted by molar-refractivity contribution is 0.0693. The fourth-order valence-electron chi connectivity index (χ4n) is 1.93. The Morgan fingerprint density at radius 1 is 1.00 bits per heavy atom. The van der Waals surface area contributed by atoms with Gasteiger partial charge in [-0.25, -0.2) is 4.79 Å². The average molecular weight is 242 g/mol. The van der Waals surface area contributed by atoms with E-state index in [4.69, 9.17) is 14.6 Å². The lowest BCUT2D eigenvalue weighted by Crippen LogP contribution is -2.06. The van der Waals surface area contributed by atoms with E-state index in [2.05, 4.69) is 0 Å². The zero-order valence-electron chi connectivity index (χ0n) is 9.64. The molecule has 0 bridgehead atoms. The minimum absolute atomic E-state index is 0.0969. The molecule has 18 heavy (non-hydrogen) atoms. The summed E-state index contributed by atoms with van der Waals surface area (Å²) in [6.45, 7) is 1.91. The predicted octanol–water partition coefficient (Wildman–Crippen LogP) is 3.59. The molecule has 4 nitrogen and oxygen atoms in total. The van der Waals surface area contributed by atoms with Crippen LogP contribution < -0.4 is 9.47 Å². The Morgan fingerprint density at radius 3 is 2.33 bits per heavy atom. The van der Waals surface area contributed by atoms with Crippen molar-refractivity contribution < 1.29 is 19.4 Å². The Morgan fingerprint density at radius 2 is 1.61 bits per heavy atom. The maximum Gasteiger partial charge on any atom is 0.339 e. The van der Waals surface area contributed by atoms with Crippen molar-refractivity contribution in [3.05, 3.63) is 47.5 Å². The molecule has 0 fully saturated rings. The van der Waals surface area contributed by atoms with Gasteiger partial charge in [0.05, 0.1) is 0 Å². The number of carboxylic acids is 1. The van der Waals surface area contributed by atoms with Crippen molar-refractivity contribution in [2.75, 3.05) is 0 Å². The highest BCUT2D eigenvalue weighted by Crippen LogP contribution is 2.47. The molecule has 1 N–H and O–H groups in total. The van der Waals surface area contributed by atoms with Crippen molar-refractivity contribution in [2.45, 2.75) is 6.92 Å². The third-order valence-electron chi connectivity index (χ3n) is 2.81. The summed E-state index contributed by atoms with van der Waals surface area (Å²) in [5.74, 6) is 0.815. The molecule has 0 spiro atoms. The molecule has 2 aromatic carbocycles. The number of fused-ring (bicyclic) bond motifs is 2. The predicted molar refractivity (Wildman–Crippen MR) is 64.7 cm³/mol. The van der Waals surface area contributed by atoms with Gasteiger partial charge in [0, 0.05) is 0 Å². The number of para-hydroxylation sites is 2. The fourth-order valence-corrected chi connectivity index (χ4v) is 1.93. The monoisotopic (exact) mass is 242 g/mol. The van der Waals surface area contributed by atoms with Crippen LogP contribution in [0, 0.1) is 6.92 Å².